The number of hydrogen-bond donors (Lipinski definition) is 0. The summed E-state index contributed by atoms with van der Waals surface area (Å²) in [5, 5.41) is 0. The van der Waals surface area contributed by atoms with E-state index in [0.717, 1.165) is 12.0 Å². The maximum atomic E-state index is 2.84. The highest BCUT2D eigenvalue weighted by Gasteiger charge is 2.34. The van der Waals surface area contributed by atoms with Gasteiger partial charge in [0.15, 0.2) is 0 Å². The summed E-state index contributed by atoms with van der Waals surface area (Å²) in [7, 11) is 0. The molecular weight excluding hydrogens is 230 g/mol. The summed E-state index contributed by atoms with van der Waals surface area (Å²) in [6.07, 6.45) is 14.7. The van der Waals surface area contributed by atoms with Gasteiger partial charge < -0.3 is 4.90 Å². The van der Waals surface area contributed by atoms with Crippen LogP contribution in [0, 0.1) is 11.3 Å². The number of nitrogens with zero attached hydrogens (tertiary/aromatic N) is 1. The van der Waals surface area contributed by atoms with Crippen LogP contribution < -0.4 is 0 Å². The maximum absolute atomic E-state index is 2.84. The summed E-state index contributed by atoms with van der Waals surface area (Å²) >= 11 is 0. The molecular formula is C18H35N. The van der Waals surface area contributed by atoms with E-state index in [2.05, 4.69) is 25.7 Å². The molecule has 1 unspecified atom stereocenters. The van der Waals surface area contributed by atoms with Gasteiger partial charge in [-0.05, 0) is 37.1 Å². The largest absolute Gasteiger partial charge is 0.300 e. The molecule has 0 amide bonds. The summed E-state index contributed by atoms with van der Waals surface area (Å²) < 4.78 is 0. The van der Waals surface area contributed by atoms with Crippen LogP contribution in [-0.4, -0.2) is 24.0 Å². The molecule has 0 aromatic carbocycles. The van der Waals surface area contributed by atoms with Crippen LogP contribution in [0.25, 0.3) is 0 Å². The first-order chi connectivity index (χ1) is 9.07. The van der Waals surface area contributed by atoms with E-state index < -0.39 is 0 Å². The molecule has 1 aliphatic carbocycles. The second-order valence-corrected chi connectivity index (χ2v) is 8.05. The predicted molar refractivity (Wildman–Crippen MR) is 84.5 cm³/mol. The van der Waals surface area contributed by atoms with E-state index in [4.69, 9.17) is 0 Å². The van der Waals surface area contributed by atoms with E-state index in [-0.39, 0.29) is 0 Å². The van der Waals surface area contributed by atoms with Crippen LogP contribution in [0.2, 0.25) is 0 Å². The summed E-state index contributed by atoms with van der Waals surface area (Å²) in [5.74, 6) is 0.919. The molecule has 1 nitrogen and oxygen atoms in total. The van der Waals surface area contributed by atoms with Gasteiger partial charge in [-0.25, -0.2) is 0 Å². The standard InChI is InChI=1S/C18H35N/c1-18(2,3)16-13-14-19(15-16)17-11-9-7-5-4-6-8-10-12-17/h16-17H,4-15H2,1-3H3. The van der Waals surface area contributed by atoms with Crippen molar-refractivity contribution in [3.63, 3.8) is 0 Å². The van der Waals surface area contributed by atoms with Crippen molar-refractivity contribution in [2.45, 2.75) is 91.0 Å². The van der Waals surface area contributed by atoms with Crippen molar-refractivity contribution < 1.29 is 0 Å². The fourth-order valence-corrected chi connectivity index (χ4v) is 3.98. The van der Waals surface area contributed by atoms with Crippen molar-refractivity contribution in [1.29, 1.82) is 0 Å². The van der Waals surface area contributed by atoms with Crippen LogP contribution in [0.15, 0.2) is 0 Å². The number of hydrogen-bond acceptors (Lipinski definition) is 1. The van der Waals surface area contributed by atoms with Crippen molar-refractivity contribution in [2.75, 3.05) is 13.1 Å². The molecule has 1 aliphatic heterocycles. The third-order valence-corrected chi connectivity index (χ3v) is 5.54. The second-order valence-electron chi connectivity index (χ2n) is 8.05. The lowest BCUT2D eigenvalue weighted by molar-refractivity contribution is 0.174. The average Bonchev–Trinajstić information content (AvgIpc) is 2.85. The van der Waals surface area contributed by atoms with Crippen LogP contribution in [-0.2, 0) is 0 Å². The zero-order chi connectivity index (χ0) is 13.7. The lowest BCUT2D eigenvalue weighted by atomic mass is 9.80. The molecule has 2 fully saturated rings. The fourth-order valence-electron chi connectivity index (χ4n) is 3.98. The van der Waals surface area contributed by atoms with Crippen LogP contribution in [0.3, 0.4) is 0 Å². The normalized spacial score (nSPS) is 29.5. The van der Waals surface area contributed by atoms with Crippen molar-refractivity contribution in [3.8, 4) is 0 Å². The lowest BCUT2D eigenvalue weighted by Gasteiger charge is -2.31. The minimum atomic E-state index is 0.505. The van der Waals surface area contributed by atoms with Gasteiger partial charge in [-0.2, -0.15) is 0 Å². The van der Waals surface area contributed by atoms with Gasteiger partial charge in [0.2, 0.25) is 0 Å². The molecule has 19 heavy (non-hydrogen) atoms. The minimum Gasteiger partial charge on any atom is -0.300 e. The molecule has 0 aromatic rings. The van der Waals surface area contributed by atoms with Crippen molar-refractivity contribution in [3.05, 3.63) is 0 Å². The molecule has 1 saturated heterocycles. The smallest absolute Gasteiger partial charge is 0.00953 e. The molecule has 1 heterocycles. The molecule has 1 heteroatoms. The van der Waals surface area contributed by atoms with E-state index in [1.54, 1.807) is 0 Å². The highest BCUT2D eigenvalue weighted by molar-refractivity contribution is 4.87. The Morgan fingerprint density at radius 1 is 0.737 bits per heavy atom. The third kappa shape index (κ3) is 4.77. The van der Waals surface area contributed by atoms with E-state index in [0.29, 0.717) is 5.41 Å². The SMILES string of the molecule is CC(C)(C)C1CCN(C2CCCCCCCCC2)C1. The van der Waals surface area contributed by atoms with Gasteiger partial charge in [0.1, 0.15) is 0 Å². The van der Waals surface area contributed by atoms with Crippen LogP contribution in [0.5, 0.6) is 0 Å². The third-order valence-electron chi connectivity index (χ3n) is 5.54. The minimum absolute atomic E-state index is 0.505. The van der Waals surface area contributed by atoms with Gasteiger partial charge in [0, 0.05) is 12.6 Å². The Morgan fingerprint density at radius 2 is 1.26 bits per heavy atom. The summed E-state index contributed by atoms with van der Waals surface area (Å²) in [6.45, 7) is 10.0. The Kier molecular flexibility index (Phi) is 5.74. The topological polar surface area (TPSA) is 3.24 Å². The van der Waals surface area contributed by atoms with Gasteiger partial charge in [-0.3, -0.25) is 0 Å². The van der Waals surface area contributed by atoms with E-state index in [1.165, 1.54) is 77.3 Å². The molecule has 1 atom stereocenters. The number of likely N-dealkylation sites (tertiary alicyclic amines) is 1. The Balaban J connectivity index is 1.84. The molecule has 0 bridgehead atoms. The van der Waals surface area contributed by atoms with Crippen LogP contribution in [0.1, 0.15) is 85.0 Å². The highest BCUT2D eigenvalue weighted by Crippen LogP contribution is 2.35. The fraction of sp³-hybridized carbons (Fsp3) is 1.00. The zero-order valence-corrected chi connectivity index (χ0v) is 13.6. The quantitative estimate of drug-likeness (QED) is 0.626. The van der Waals surface area contributed by atoms with Crippen LogP contribution in [0.4, 0.5) is 0 Å². The lowest BCUT2D eigenvalue weighted by Crippen LogP contribution is -2.35. The first kappa shape index (κ1) is 15.4. The van der Waals surface area contributed by atoms with Gasteiger partial charge in [0.05, 0.1) is 0 Å². The first-order valence-electron chi connectivity index (χ1n) is 8.81. The maximum Gasteiger partial charge on any atom is 0.00953 e. The summed E-state index contributed by atoms with van der Waals surface area (Å²) in [6, 6.07) is 0.908. The summed E-state index contributed by atoms with van der Waals surface area (Å²) in [4.78, 5) is 2.84. The van der Waals surface area contributed by atoms with E-state index >= 15 is 0 Å². The Labute approximate surface area is 121 Å². The molecule has 112 valence electrons. The molecule has 0 N–H and O–H groups in total. The summed E-state index contributed by atoms with van der Waals surface area (Å²) in [5.41, 5.74) is 0.505. The molecule has 2 rings (SSSR count). The van der Waals surface area contributed by atoms with E-state index in [9.17, 15) is 0 Å². The highest BCUT2D eigenvalue weighted by atomic mass is 15.2. The molecule has 2 aliphatic rings. The second kappa shape index (κ2) is 7.11. The first-order valence-corrected chi connectivity index (χ1v) is 8.81. The van der Waals surface area contributed by atoms with Crippen LogP contribution >= 0.6 is 0 Å². The van der Waals surface area contributed by atoms with Gasteiger partial charge in [0.25, 0.3) is 0 Å². The molecule has 0 aromatic heterocycles. The van der Waals surface area contributed by atoms with Gasteiger partial charge in [-0.1, -0.05) is 65.7 Å². The predicted octanol–water partition coefficient (Wildman–Crippen LogP) is 5.25. The molecule has 1 saturated carbocycles. The van der Waals surface area contributed by atoms with Gasteiger partial charge in [-0.15, -0.1) is 0 Å². The average molecular weight is 265 g/mol. The van der Waals surface area contributed by atoms with Crippen molar-refractivity contribution in [2.24, 2.45) is 11.3 Å². The van der Waals surface area contributed by atoms with E-state index in [1.807, 2.05) is 0 Å². The Bertz CT molecular complexity index is 243. The monoisotopic (exact) mass is 265 g/mol. The van der Waals surface area contributed by atoms with Gasteiger partial charge >= 0.3 is 0 Å². The molecule has 0 radical (unpaired) electrons. The van der Waals surface area contributed by atoms with Crippen molar-refractivity contribution >= 4 is 0 Å². The Morgan fingerprint density at radius 3 is 1.74 bits per heavy atom. The zero-order valence-electron chi connectivity index (χ0n) is 13.6. The molecule has 0 spiro atoms. The Hall–Kier alpha value is -0.0400. The number of rotatable bonds is 1. The van der Waals surface area contributed by atoms with Crippen molar-refractivity contribution in [1.82, 2.24) is 4.90 Å².